The van der Waals surface area contributed by atoms with Crippen LogP contribution in [0.4, 0.5) is 0 Å². The summed E-state index contributed by atoms with van der Waals surface area (Å²) in [5.74, 6) is 1.03. The quantitative estimate of drug-likeness (QED) is 0.706. The summed E-state index contributed by atoms with van der Waals surface area (Å²) in [5.41, 5.74) is 0.751. The van der Waals surface area contributed by atoms with E-state index >= 15 is 0 Å². The number of carbonyl (C=O) groups is 1. The number of hydrogen-bond acceptors (Lipinski definition) is 2. The number of ketones is 1. The molecule has 0 saturated heterocycles. The molecule has 0 aliphatic rings. The number of Topliss-reactive ketones (excluding diaryl/α,β-unsaturated/α-hetero) is 1. The average molecular weight is 206 g/mol. The van der Waals surface area contributed by atoms with Crippen molar-refractivity contribution in [2.75, 3.05) is 0 Å². The van der Waals surface area contributed by atoms with Crippen LogP contribution in [0.25, 0.3) is 0 Å². The maximum absolute atomic E-state index is 11.6. The van der Waals surface area contributed by atoms with E-state index < -0.39 is 0 Å². The predicted octanol–water partition coefficient (Wildman–Crippen LogP) is 3.31. The summed E-state index contributed by atoms with van der Waals surface area (Å²) in [6, 6.07) is 7.32. The fourth-order valence-corrected chi connectivity index (χ4v) is 1.30. The highest BCUT2D eigenvalue weighted by atomic mass is 16.5. The molecule has 82 valence electrons. The first-order valence-corrected chi connectivity index (χ1v) is 5.31. The van der Waals surface area contributed by atoms with Crippen molar-refractivity contribution in [2.24, 2.45) is 5.92 Å². The Morgan fingerprint density at radius 3 is 2.00 bits per heavy atom. The van der Waals surface area contributed by atoms with Crippen LogP contribution >= 0.6 is 0 Å². The van der Waals surface area contributed by atoms with Crippen LogP contribution < -0.4 is 4.74 Å². The Hall–Kier alpha value is -1.31. The number of benzene rings is 1. The van der Waals surface area contributed by atoms with E-state index in [4.69, 9.17) is 4.74 Å². The van der Waals surface area contributed by atoms with Gasteiger partial charge >= 0.3 is 0 Å². The minimum atomic E-state index is 0.0434. The molecule has 0 radical (unpaired) electrons. The minimum Gasteiger partial charge on any atom is -0.491 e. The van der Waals surface area contributed by atoms with Gasteiger partial charge < -0.3 is 4.74 Å². The van der Waals surface area contributed by atoms with Crippen LogP contribution in [0, 0.1) is 5.92 Å². The van der Waals surface area contributed by atoms with Crippen LogP contribution in [0.5, 0.6) is 5.75 Å². The summed E-state index contributed by atoms with van der Waals surface area (Å²) < 4.78 is 5.50. The Balaban J connectivity index is 2.76. The molecule has 0 aliphatic heterocycles. The summed E-state index contributed by atoms with van der Waals surface area (Å²) >= 11 is 0. The van der Waals surface area contributed by atoms with E-state index in [1.807, 2.05) is 52.0 Å². The molecule has 0 atom stereocenters. The molecule has 0 saturated carbocycles. The zero-order chi connectivity index (χ0) is 11.4. The van der Waals surface area contributed by atoms with Crippen LogP contribution in [-0.4, -0.2) is 11.9 Å². The molecule has 15 heavy (non-hydrogen) atoms. The number of hydrogen-bond donors (Lipinski definition) is 0. The van der Waals surface area contributed by atoms with Crippen molar-refractivity contribution in [2.45, 2.75) is 33.8 Å². The summed E-state index contributed by atoms with van der Waals surface area (Å²) in [4.78, 5) is 11.6. The Morgan fingerprint density at radius 1 is 1.07 bits per heavy atom. The SMILES string of the molecule is CC(C)Oc1ccc(C(=O)C(C)C)cc1. The van der Waals surface area contributed by atoms with Crippen LogP contribution in [0.1, 0.15) is 38.1 Å². The van der Waals surface area contributed by atoms with Crippen LogP contribution in [0.2, 0.25) is 0 Å². The lowest BCUT2D eigenvalue weighted by Gasteiger charge is -2.10. The Labute approximate surface area is 91.3 Å². The maximum Gasteiger partial charge on any atom is 0.165 e. The minimum absolute atomic E-state index is 0.0434. The standard InChI is InChI=1S/C13H18O2/c1-9(2)13(14)11-5-7-12(8-6-11)15-10(3)4/h5-10H,1-4H3. The van der Waals surface area contributed by atoms with Crippen molar-refractivity contribution in [3.05, 3.63) is 29.8 Å². The van der Waals surface area contributed by atoms with Crippen LogP contribution in [0.15, 0.2) is 24.3 Å². The van der Waals surface area contributed by atoms with Gasteiger partial charge in [-0.05, 0) is 38.1 Å². The van der Waals surface area contributed by atoms with Gasteiger partial charge in [0.2, 0.25) is 0 Å². The van der Waals surface area contributed by atoms with Gasteiger partial charge in [-0.15, -0.1) is 0 Å². The maximum atomic E-state index is 11.6. The molecule has 0 bridgehead atoms. The third-order valence-corrected chi connectivity index (χ3v) is 2.03. The molecule has 2 heteroatoms. The molecule has 1 aromatic carbocycles. The smallest absolute Gasteiger partial charge is 0.165 e. The molecular formula is C13H18O2. The highest BCUT2D eigenvalue weighted by Gasteiger charge is 2.09. The van der Waals surface area contributed by atoms with Gasteiger partial charge in [0.25, 0.3) is 0 Å². The van der Waals surface area contributed by atoms with E-state index in [9.17, 15) is 4.79 Å². The lowest BCUT2D eigenvalue weighted by molar-refractivity contribution is 0.0939. The molecule has 0 aliphatic carbocycles. The zero-order valence-electron chi connectivity index (χ0n) is 9.78. The zero-order valence-corrected chi connectivity index (χ0v) is 9.78. The van der Waals surface area contributed by atoms with Crippen LogP contribution in [0.3, 0.4) is 0 Å². The fourth-order valence-electron chi connectivity index (χ4n) is 1.30. The fraction of sp³-hybridized carbons (Fsp3) is 0.462. The van der Waals surface area contributed by atoms with Crippen molar-refractivity contribution in [1.29, 1.82) is 0 Å². The van der Waals surface area contributed by atoms with E-state index in [1.54, 1.807) is 0 Å². The van der Waals surface area contributed by atoms with E-state index in [0.717, 1.165) is 11.3 Å². The highest BCUT2D eigenvalue weighted by molar-refractivity contribution is 5.97. The second-order valence-electron chi connectivity index (χ2n) is 4.21. The Kier molecular flexibility index (Phi) is 3.89. The molecule has 1 aromatic rings. The monoisotopic (exact) mass is 206 g/mol. The Morgan fingerprint density at radius 2 is 1.60 bits per heavy atom. The molecule has 0 unspecified atom stereocenters. The summed E-state index contributed by atoms with van der Waals surface area (Å²) in [5, 5.41) is 0. The predicted molar refractivity (Wildman–Crippen MR) is 61.4 cm³/mol. The van der Waals surface area contributed by atoms with Gasteiger partial charge in [0.05, 0.1) is 6.10 Å². The van der Waals surface area contributed by atoms with Gasteiger partial charge in [0, 0.05) is 11.5 Å². The van der Waals surface area contributed by atoms with Crippen molar-refractivity contribution in [3.8, 4) is 5.75 Å². The number of rotatable bonds is 4. The molecule has 1 rings (SSSR count). The number of carbonyl (C=O) groups excluding carboxylic acids is 1. The lowest BCUT2D eigenvalue weighted by atomic mass is 10.0. The second-order valence-corrected chi connectivity index (χ2v) is 4.21. The van der Waals surface area contributed by atoms with Crippen molar-refractivity contribution >= 4 is 5.78 Å². The van der Waals surface area contributed by atoms with Crippen LogP contribution in [-0.2, 0) is 0 Å². The largest absolute Gasteiger partial charge is 0.491 e. The normalized spacial score (nSPS) is 10.8. The lowest BCUT2D eigenvalue weighted by Crippen LogP contribution is -2.08. The third-order valence-electron chi connectivity index (χ3n) is 2.03. The van der Waals surface area contributed by atoms with E-state index in [-0.39, 0.29) is 17.8 Å². The van der Waals surface area contributed by atoms with Crippen molar-refractivity contribution < 1.29 is 9.53 Å². The van der Waals surface area contributed by atoms with Crippen molar-refractivity contribution in [3.63, 3.8) is 0 Å². The molecule has 0 spiro atoms. The molecule has 0 heterocycles. The topological polar surface area (TPSA) is 26.3 Å². The van der Waals surface area contributed by atoms with Gasteiger partial charge in [-0.25, -0.2) is 0 Å². The van der Waals surface area contributed by atoms with E-state index in [1.165, 1.54) is 0 Å². The molecule has 2 nitrogen and oxygen atoms in total. The first-order chi connectivity index (χ1) is 7.00. The second kappa shape index (κ2) is 4.96. The molecule has 0 amide bonds. The molecule has 0 aromatic heterocycles. The highest BCUT2D eigenvalue weighted by Crippen LogP contribution is 2.16. The summed E-state index contributed by atoms with van der Waals surface area (Å²) in [6.45, 7) is 7.77. The third kappa shape index (κ3) is 3.39. The summed E-state index contributed by atoms with van der Waals surface area (Å²) in [7, 11) is 0. The average Bonchev–Trinajstić information content (AvgIpc) is 2.17. The van der Waals surface area contributed by atoms with Gasteiger partial charge in [-0.3, -0.25) is 4.79 Å². The molecule has 0 fully saturated rings. The first-order valence-electron chi connectivity index (χ1n) is 5.31. The van der Waals surface area contributed by atoms with Gasteiger partial charge in [-0.1, -0.05) is 13.8 Å². The van der Waals surface area contributed by atoms with E-state index in [0.29, 0.717) is 0 Å². The molecule has 0 N–H and O–H groups in total. The summed E-state index contributed by atoms with van der Waals surface area (Å²) in [6.07, 6.45) is 0.164. The van der Waals surface area contributed by atoms with E-state index in [2.05, 4.69) is 0 Å². The van der Waals surface area contributed by atoms with Gasteiger partial charge in [0.1, 0.15) is 5.75 Å². The molecular weight excluding hydrogens is 188 g/mol. The van der Waals surface area contributed by atoms with Crippen molar-refractivity contribution in [1.82, 2.24) is 0 Å². The van der Waals surface area contributed by atoms with Gasteiger partial charge in [0.15, 0.2) is 5.78 Å². The number of ether oxygens (including phenoxy) is 1. The first kappa shape index (κ1) is 11.8. The Bertz CT molecular complexity index is 323. The van der Waals surface area contributed by atoms with Gasteiger partial charge in [-0.2, -0.15) is 0 Å².